The Balaban J connectivity index is 2.24. The highest BCUT2D eigenvalue weighted by Crippen LogP contribution is 2.30. The van der Waals surface area contributed by atoms with Crippen molar-refractivity contribution in [2.45, 2.75) is 27.7 Å². The van der Waals surface area contributed by atoms with Gasteiger partial charge in [0, 0.05) is 37.3 Å². The van der Waals surface area contributed by atoms with Gasteiger partial charge < -0.3 is 9.64 Å². The maximum absolute atomic E-state index is 11.6. The van der Waals surface area contributed by atoms with Gasteiger partial charge in [0.25, 0.3) is 0 Å². The molecular formula is C20H30N4O2. The highest BCUT2D eigenvalue weighted by Gasteiger charge is 2.17. The monoisotopic (exact) mass is 358 g/mol. The van der Waals surface area contributed by atoms with Crippen molar-refractivity contribution in [3.05, 3.63) is 35.4 Å². The first kappa shape index (κ1) is 20.1. The van der Waals surface area contributed by atoms with E-state index in [9.17, 15) is 4.91 Å². The number of anilines is 1. The quantitative estimate of drug-likeness (QED) is 0.467. The Morgan fingerprint density at radius 1 is 1.12 bits per heavy atom. The summed E-state index contributed by atoms with van der Waals surface area (Å²) in [5, 5.41) is 5.69. The average molecular weight is 358 g/mol. The Hall–Kier alpha value is -2.21. The molecule has 142 valence electrons. The number of pyridine rings is 1. The molecule has 0 radical (unpaired) electrons. The molecule has 6 heteroatoms. The Bertz CT molecular complexity index is 708. The van der Waals surface area contributed by atoms with Gasteiger partial charge in [-0.2, -0.15) is 0 Å². The minimum Gasteiger partial charge on any atom is -0.497 e. The van der Waals surface area contributed by atoms with E-state index in [1.165, 1.54) is 5.01 Å². The van der Waals surface area contributed by atoms with Crippen LogP contribution in [0, 0.1) is 16.7 Å². The lowest BCUT2D eigenvalue weighted by Crippen LogP contribution is -2.37. The Kier molecular flexibility index (Phi) is 7.33. The molecule has 0 fully saturated rings. The molecule has 1 aromatic carbocycles. The van der Waals surface area contributed by atoms with Gasteiger partial charge in [-0.25, -0.2) is 5.01 Å². The van der Waals surface area contributed by atoms with Crippen LogP contribution in [0.5, 0.6) is 5.75 Å². The Labute approximate surface area is 156 Å². The summed E-state index contributed by atoms with van der Waals surface area (Å²) in [5.41, 5.74) is 1.44. The van der Waals surface area contributed by atoms with Crippen molar-refractivity contribution < 1.29 is 4.74 Å². The van der Waals surface area contributed by atoms with E-state index < -0.39 is 0 Å². The van der Waals surface area contributed by atoms with Crippen molar-refractivity contribution in [2.24, 2.45) is 17.1 Å². The molecule has 0 saturated heterocycles. The van der Waals surface area contributed by atoms with E-state index in [1.54, 1.807) is 13.3 Å². The molecule has 2 rings (SSSR count). The van der Waals surface area contributed by atoms with Crippen LogP contribution in [-0.2, 0) is 0 Å². The summed E-state index contributed by atoms with van der Waals surface area (Å²) >= 11 is 0. The first-order valence-electron chi connectivity index (χ1n) is 9.20. The topological polar surface area (TPSA) is 58.0 Å². The van der Waals surface area contributed by atoms with Gasteiger partial charge in [-0.3, -0.25) is 4.98 Å². The zero-order valence-corrected chi connectivity index (χ0v) is 16.5. The SMILES string of the molecule is COc1cc(N(CCN(CC(C)C)CC(C)C)N=O)c2ncccc2c1. The predicted octanol–water partition coefficient (Wildman–Crippen LogP) is 4.35. The lowest BCUT2D eigenvalue weighted by molar-refractivity contribution is 0.223. The van der Waals surface area contributed by atoms with Crippen LogP contribution in [0.4, 0.5) is 5.69 Å². The molecule has 1 aromatic heterocycles. The summed E-state index contributed by atoms with van der Waals surface area (Å²) in [5.74, 6) is 1.84. The fraction of sp³-hybridized carbons (Fsp3) is 0.550. The van der Waals surface area contributed by atoms with Crippen molar-refractivity contribution in [2.75, 3.05) is 38.3 Å². The van der Waals surface area contributed by atoms with Crippen LogP contribution >= 0.6 is 0 Å². The summed E-state index contributed by atoms with van der Waals surface area (Å²) < 4.78 is 5.38. The molecule has 2 aromatic rings. The minimum absolute atomic E-state index is 0.516. The van der Waals surface area contributed by atoms with Crippen LogP contribution in [0.15, 0.2) is 35.7 Å². The number of ether oxygens (including phenoxy) is 1. The lowest BCUT2D eigenvalue weighted by Gasteiger charge is -2.28. The van der Waals surface area contributed by atoms with Gasteiger partial charge in [-0.1, -0.05) is 33.8 Å². The average Bonchev–Trinajstić information content (AvgIpc) is 2.60. The molecule has 0 aliphatic heterocycles. The molecule has 0 unspecified atom stereocenters. The molecule has 0 saturated carbocycles. The zero-order chi connectivity index (χ0) is 19.1. The standard InChI is InChI=1S/C20H30N4O2/c1-15(2)13-23(14-16(3)4)9-10-24(22-25)19-12-18(26-5)11-17-7-6-8-21-20(17)19/h6-8,11-12,15-16H,9-10,13-14H2,1-5H3. The number of nitrogens with zero attached hydrogens (tertiary/aromatic N) is 4. The second-order valence-corrected chi connectivity index (χ2v) is 7.47. The fourth-order valence-corrected chi connectivity index (χ4v) is 3.19. The van der Waals surface area contributed by atoms with Crippen LogP contribution in [0.25, 0.3) is 10.9 Å². The van der Waals surface area contributed by atoms with E-state index in [1.807, 2.05) is 24.3 Å². The predicted molar refractivity (Wildman–Crippen MR) is 108 cm³/mol. The van der Waals surface area contributed by atoms with Crippen molar-refractivity contribution in [1.82, 2.24) is 9.88 Å². The van der Waals surface area contributed by atoms with E-state index in [-0.39, 0.29) is 0 Å². The molecular weight excluding hydrogens is 328 g/mol. The number of fused-ring (bicyclic) bond motifs is 1. The highest BCUT2D eigenvalue weighted by molar-refractivity contribution is 5.92. The summed E-state index contributed by atoms with van der Waals surface area (Å²) in [4.78, 5) is 18.4. The van der Waals surface area contributed by atoms with E-state index in [0.29, 0.717) is 29.8 Å². The Morgan fingerprint density at radius 2 is 1.81 bits per heavy atom. The van der Waals surface area contributed by atoms with Gasteiger partial charge >= 0.3 is 0 Å². The third-order valence-corrected chi connectivity index (χ3v) is 4.15. The summed E-state index contributed by atoms with van der Waals surface area (Å²) in [7, 11) is 1.62. The van der Waals surface area contributed by atoms with Crippen LogP contribution in [0.1, 0.15) is 27.7 Å². The summed E-state index contributed by atoms with van der Waals surface area (Å²) in [6.07, 6.45) is 1.73. The zero-order valence-electron chi connectivity index (χ0n) is 16.5. The molecule has 1 heterocycles. The van der Waals surface area contributed by atoms with Gasteiger partial charge in [0.15, 0.2) is 0 Å². The highest BCUT2D eigenvalue weighted by atomic mass is 16.5. The largest absolute Gasteiger partial charge is 0.497 e. The molecule has 0 spiro atoms. The summed E-state index contributed by atoms with van der Waals surface area (Å²) in [6.45, 7) is 12.1. The number of nitroso groups, excluding NO2 is 1. The van der Waals surface area contributed by atoms with Crippen LogP contribution in [-0.4, -0.2) is 43.2 Å². The van der Waals surface area contributed by atoms with E-state index in [0.717, 1.165) is 30.5 Å². The normalized spacial score (nSPS) is 11.5. The Morgan fingerprint density at radius 3 is 2.38 bits per heavy atom. The summed E-state index contributed by atoms with van der Waals surface area (Å²) in [6, 6.07) is 7.57. The molecule has 26 heavy (non-hydrogen) atoms. The molecule has 0 aliphatic rings. The number of aromatic nitrogens is 1. The number of benzene rings is 1. The molecule has 0 N–H and O–H groups in total. The molecule has 0 aliphatic carbocycles. The van der Waals surface area contributed by atoms with Crippen molar-refractivity contribution >= 4 is 16.6 Å². The van der Waals surface area contributed by atoms with Gasteiger partial charge in [0.05, 0.1) is 30.1 Å². The second kappa shape index (κ2) is 9.48. The third-order valence-electron chi connectivity index (χ3n) is 4.15. The maximum Gasteiger partial charge on any atom is 0.121 e. The first-order valence-corrected chi connectivity index (χ1v) is 9.20. The number of hydrogen-bond acceptors (Lipinski definition) is 5. The second-order valence-electron chi connectivity index (χ2n) is 7.47. The molecule has 0 bridgehead atoms. The van der Waals surface area contributed by atoms with Crippen LogP contribution < -0.4 is 9.75 Å². The van der Waals surface area contributed by atoms with Crippen molar-refractivity contribution in [3.63, 3.8) is 0 Å². The maximum atomic E-state index is 11.6. The third kappa shape index (κ3) is 5.39. The smallest absolute Gasteiger partial charge is 0.121 e. The lowest BCUT2D eigenvalue weighted by atomic mass is 10.1. The van der Waals surface area contributed by atoms with Gasteiger partial charge in [-0.05, 0) is 24.0 Å². The van der Waals surface area contributed by atoms with Crippen LogP contribution in [0.3, 0.4) is 0 Å². The molecule has 0 atom stereocenters. The van der Waals surface area contributed by atoms with Crippen molar-refractivity contribution in [3.8, 4) is 5.75 Å². The molecule has 0 amide bonds. The minimum atomic E-state index is 0.516. The van der Waals surface area contributed by atoms with Gasteiger partial charge in [0.1, 0.15) is 5.75 Å². The fourth-order valence-electron chi connectivity index (χ4n) is 3.19. The number of hydrogen-bond donors (Lipinski definition) is 0. The van der Waals surface area contributed by atoms with E-state index >= 15 is 0 Å². The van der Waals surface area contributed by atoms with E-state index in [2.05, 4.69) is 42.9 Å². The van der Waals surface area contributed by atoms with E-state index in [4.69, 9.17) is 4.74 Å². The number of rotatable bonds is 10. The van der Waals surface area contributed by atoms with Crippen molar-refractivity contribution in [1.29, 1.82) is 0 Å². The molecule has 6 nitrogen and oxygen atoms in total. The number of methoxy groups -OCH3 is 1. The van der Waals surface area contributed by atoms with Gasteiger partial charge in [0.2, 0.25) is 0 Å². The van der Waals surface area contributed by atoms with Gasteiger partial charge in [-0.15, -0.1) is 4.91 Å². The first-order chi connectivity index (χ1) is 12.4. The van der Waals surface area contributed by atoms with Crippen LogP contribution in [0.2, 0.25) is 0 Å².